The van der Waals surface area contributed by atoms with E-state index in [4.69, 9.17) is 0 Å². The number of aromatic nitrogens is 2. The molecule has 0 fully saturated rings. The zero-order valence-corrected chi connectivity index (χ0v) is 13.9. The van der Waals surface area contributed by atoms with Crippen molar-refractivity contribution in [2.24, 2.45) is 0 Å². The summed E-state index contributed by atoms with van der Waals surface area (Å²) in [7, 11) is 0. The van der Waals surface area contributed by atoms with Crippen molar-refractivity contribution in [1.29, 1.82) is 0 Å². The van der Waals surface area contributed by atoms with E-state index in [-0.39, 0.29) is 18.7 Å². The van der Waals surface area contributed by atoms with E-state index in [0.29, 0.717) is 23.4 Å². The van der Waals surface area contributed by atoms with Crippen molar-refractivity contribution in [1.82, 2.24) is 9.55 Å². The maximum absolute atomic E-state index is 12.7. The molecule has 0 unspecified atom stereocenters. The van der Waals surface area contributed by atoms with E-state index >= 15 is 0 Å². The fourth-order valence-electron chi connectivity index (χ4n) is 2.91. The van der Waals surface area contributed by atoms with Gasteiger partial charge in [-0.25, -0.2) is 4.98 Å². The SMILES string of the molecule is Cc1cccc(C)c1CNc1nc2ccccc2c(=O)n1CCO. The average Bonchev–Trinajstić information content (AvgIpc) is 2.57. The van der Waals surface area contributed by atoms with Gasteiger partial charge in [0.25, 0.3) is 5.56 Å². The topological polar surface area (TPSA) is 67.2 Å². The van der Waals surface area contributed by atoms with Gasteiger partial charge in [0.1, 0.15) is 0 Å². The van der Waals surface area contributed by atoms with E-state index in [1.54, 1.807) is 6.07 Å². The number of aliphatic hydroxyl groups excluding tert-OH is 1. The summed E-state index contributed by atoms with van der Waals surface area (Å²) in [5, 5.41) is 13.1. The van der Waals surface area contributed by atoms with E-state index in [9.17, 15) is 9.90 Å². The monoisotopic (exact) mass is 323 g/mol. The first kappa shape index (κ1) is 16.2. The van der Waals surface area contributed by atoms with Crippen molar-refractivity contribution in [2.75, 3.05) is 11.9 Å². The van der Waals surface area contributed by atoms with E-state index in [2.05, 4.69) is 36.3 Å². The maximum atomic E-state index is 12.7. The average molecular weight is 323 g/mol. The molecule has 0 spiro atoms. The molecule has 0 amide bonds. The van der Waals surface area contributed by atoms with Crippen LogP contribution in [0.3, 0.4) is 0 Å². The number of aliphatic hydroxyl groups is 1. The minimum atomic E-state index is -0.140. The number of nitrogens with zero attached hydrogens (tertiary/aromatic N) is 2. The van der Waals surface area contributed by atoms with Crippen LogP contribution in [0.4, 0.5) is 5.95 Å². The Morgan fingerprint density at radius 1 is 1.08 bits per heavy atom. The van der Waals surface area contributed by atoms with E-state index in [1.165, 1.54) is 21.3 Å². The minimum absolute atomic E-state index is 0.113. The Morgan fingerprint density at radius 2 is 1.79 bits per heavy atom. The van der Waals surface area contributed by atoms with Crippen molar-refractivity contribution in [3.63, 3.8) is 0 Å². The van der Waals surface area contributed by atoms with Crippen LogP contribution in [-0.4, -0.2) is 21.3 Å². The summed E-state index contributed by atoms with van der Waals surface area (Å²) in [4.78, 5) is 17.2. The minimum Gasteiger partial charge on any atom is -0.395 e. The summed E-state index contributed by atoms with van der Waals surface area (Å²) in [6, 6.07) is 13.4. The third-order valence-electron chi connectivity index (χ3n) is 4.25. The molecule has 0 aliphatic heterocycles. The number of benzene rings is 2. The van der Waals surface area contributed by atoms with Gasteiger partial charge >= 0.3 is 0 Å². The fourth-order valence-corrected chi connectivity index (χ4v) is 2.91. The zero-order valence-electron chi connectivity index (χ0n) is 13.9. The lowest BCUT2D eigenvalue weighted by atomic mass is 10.0. The zero-order chi connectivity index (χ0) is 17.1. The predicted molar refractivity (Wildman–Crippen MR) is 96.3 cm³/mol. The van der Waals surface area contributed by atoms with Gasteiger partial charge in [-0.1, -0.05) is 30.3 Å². The highest BCUT2D eigenvalue weighted by molar-refractivity contribution is 5.78. The fraction of sp³-hybridized carbons (Fsp3) is 0.263. The molecule has 5 nitrogen and oxygen atoms in total. The Hall–Kier alpha value is -2.66. The molecule has 0 atom stereocenters. The second-order valence-electron chi connectivity index (χ2n) is 5.86. The van der Waals surface area contributed by atoms with Crippen LogP contribution >= 0.6 is 0 Å². The molecule has 3 aromatic rings. The molecule has 2 N–H and O–H groups in total. The van der Waals surface area contributed by atoms with Crippen molar-refractivity contribution in [3.8, 4) is 0 Å². The van der Waals surface area contributed by atoms with Crippen LogP contribution in [0.15, 0.2) is 47.3 Å². The van der Waals surface area contributed by atoms with E-state index in [0.717, 1.165) is 0 Å². The lowest BCUT2D eigenvalue weighted by Crippen LogP contribution is -2.26. The van der Waals surface area contributed by atoms with Crippen LogP contribution in [0.1, 0.15) is 16.7 Å². The number of hydrogen-bond donors (Lipinski definition) is 2. The number of para-hydroxylation sites is 1. The van der Waals surface area contributed by atoms with Gasteiger partial charge in [0.05, 0.1) is 24.1 Å². The first-order valence-electron chi connectivity index (χ1n) is 8.01. The summed E-state index contributed by atoms with van der Waals surface area (Å²) in [5.41, 5.74) is 4.09. The second kappa shape index (κ2) is 6.84. The first-order valence-corrected chi connectivity index (χ1v) is 8.01. The van der Waals surface area contributed by atoms with Crippen molar-refractivity contribution < 1.29 is 5.11 Å². The third-order valence-corrected chi connectivity index (χ3v) is 4.25. The van der Waals surface area contributed by atoms with Crippen LogP contribution < -0.4 is 10.9 Å². The third kappa shape index (κ3) is 3.03. The number of hydrogen-bond acceptors (Lipinski definition) is 4. The molecule has 1 aromatic heterocycles. The molecule has 24 heavy (non-hydrogen) atoms. The number of nitrogens with one attached hydrogen (secondary N) is 1. The normalized spacial score (nSPS) is 11.0. The molecular weight excluding hydrogens is 302 g/mol. The lowest BCUT2D eigenvalue weighted by Gasteiger charge is -2.16. The van der Waals surface area contributed by atoms with Crippen LogP contribution in [0.5, 0.6) is 0 Å². The Kier molecular flexibility index (Phi) is 4.62. The summed E-state index contributed by atoms with van der Waals surface area (Å²) >= 11 is 0. The molecule has 0 aliphatic rings. The Morgan fingerprint density at radius 3 is 2.50 bits per heavy atom. The molecule has 0 saturated carbocycles. The van der Waals surface area contributed by atoms with Gasteiger partial charge < -0.3 is 10.4 Å². The van der Waals surface area contributed by atoms with Crippen LogP contribution in [0.25, 0.3) is 10.9 Å². The summed E-state index contributed by atoms with van der Waals surface area (Å²) < 4.78 is 1.50. The largest absolute Gasteiger partial charge is 0.395 e. The number of fused-ring (bicyclic) bond motifs is 1. The highest BCUT2D eigenvalue weighted by atomic mass is 16.3. The maximum Gasteiger partial charge on any atom is 0.262 e. The predicted octanol–water partition coefficient (Wildman–Crippen LogP) is 2.62. The van der Waals surface area contributed by atoms with Crippen molar-refractivity contribution in [3.05, 3.63) is 69.5 Å². The quantitative estimate of drug-likeness (QED) is 0.757. The molecule has 2 aromatic carbocycles. The van der Waals surface area contributed by atoms with Gasteiger partial charge in [0.15, 0.2) is 0 Å². The van der Waals surface area contributed by atoms with Gasteiger partial charge in [0, 0.05) is 6.54 Å². The van der Waals surface area contributed by atoms with E-state index in [1.807, 2.05) is 24.3 Å². The highest BCUT2D eigenvalue weighted by Crippen LogP contribution is 2.16. The van der Waals surface area contributed by atoms with Gasteiger partial charge in [-0.2, -0.15) is 0 Å². The molecule has 3 rings (SSSR count). The summed E-state index contributed by atoms with van der Waals surface area (Å²) in [6.45, 7) is 4.82. The van der Waals surface area contributed by atoms with Gasteiger partial charge in [-0.15, -0.1) is 0 Å². The van der Waals surface area contributed by atoms with Crippen molar-refractivity contribution in [2.45, 2.75) is 26.9 Å². The van der Waals surface area contributed by atoms with E-state index < -0.39 is 0 Å². The number of anilines is 1. The molecule has 0 saturated heterocycles. The molecule has 1 heterocycles. The molecule has 0 bridgehead atoms. The van der Waals surface area contributed by atoms with Gasteiger partial charge in [-0.05, 0) is 42.7 Å². The Balaban J connectivity index is 2.02. The molecular formula is C19H21N3O2. The number of rotatable bonds is 5. The second-order valence-corrected chi connectivity index (χ2v) is 5.86. The standard InChI is InChI=1S/C19H21N3O2/c1-13-6-5-7-14(2)16(13)12-20-19-21-17-9-4-3-8-15(17)18(24)22(19)10-11-23/h3-9,23H,10-12H2,1-2H3,(H,20,21). The van der Waals surface area contributed by atoms with Crippen LogP contribution in [-0.2, 0) is 13.1 Å². The van der Waals surface area contributed by atoms with Gasteiger partial charge in [0.2, 0.25) is 5.95 Å². The molecule has 0 aliphatic carbocycles. The Labute approximate surface area is 140 Å². The van der Waals surface area contributed by atoms with Crippen LogP contribution in [0.2, 0.25) is 0 Å². The first-order chi connectivity index (χ1) is 11.6. The highest BCUT2D eigenvalue weighted by Gasteiger charge is 2.11. The molecule has 5 heteroatoms. The Bertz CT molecular complexity index is 911. The van der Waals surface area contributed by atoms with Gasteiger partial charge in [-0.3, -0.25) is 9.36 Å². The summed E-state index contributed by atoms with van der Waals surface area (Å²) in [6.07, 6.45) is 0. The molecule has 124 valence electrons. The lowest BCUT2D eigenvalue weighted by molar-refractivity contribution is 0.275. The smallest absolute Gasteiger partial charge is 0.262 e. The number of aryl methyl sites for hydroxylation is 2. The van der Waals surface area contributed by atoms with Crippen LogP contribution in [0, 0.1) is 13.8 Å². The summed E-state index contributed by atoms with van der Waals surface area (Å²) in [5.74, 6) is 0.482. The molecule has 0 radical (unpaired) electrons. The van der Waals surface area contributed by atoms with Crippen molar-refractivity contribution >= 4 is 16.9 Å².